The molecule has 0 amide bonds. The lowest BCUT2D eigenvalue weighted by Crippen LogP contribution is -2.46. The van der Waals surface area contributed by atoms with Crippen LogP contribution in [-0.4, -0.2) is 63.3 Å². The summed E-state index contributed by atoms with van der Waals surface area (Å²) in [5.74, 6) is 0.140. The lowest BCUT2D eigenvalue weighted by atomic mass is 10.1. The molecule has 0 aromatic heterocycles. The number of hydrogen-bond acceptors (Lipinski definition) is 4. The van der Waals surface area contributed by atoms with Gasteiger partial charge in [0.05, 0.1) is 18.8 Å². The molecule has 0 aliphatic carbocycles. The highest BCUT2D eigenvalue weighted by molar-refractivity contribution is 5.78. The topological polar surface area (TPSA) is 66.1 Å². The van der Waals surface area contributed by atoms with Crippen LogP contribution in [0.3, 0.4) is 0 Å². The monoisotopic (exact) mass is 351 g/mol. The Kier molecular flexibility index (Phi) is 7.46. The highest BCUT2D eigenvalue weighted by Gasteiger charge is 2.18. The van der Waals surface area contributed by atoms with Crippen molar-refractivity contribution in [2.45, 2.75) is 26.4 Å². The molecule has 7 heteroatoms. The second-order valence-corrected chi connectivity index (χ2v) is 6.41. The molecule has 1 aliphatic rings. The molecule has 3 N–H and O–H groups in total. The fraction of sp³-hybridized carbons (Fsp3) is 0.611. The highest BCUT2D eigenvalue weighted by atomic mass is 19.1. The van der Waals surface area contributed by atoms with Crippen molar-refractivity contribution in [3.63, 3.8) is 0 Å². The standard InChI is InChI=1S/C18H30FN5O/c1-4-23-7-9-24(10-8-23)17-6-5-15(11-16(17)19)12-21-18(20)22-14(2)13-25-3/h5-6,11,14H,4,7-10,12-13H2,1-3H3,(H3,20,21,22). The van der Waals surface area contributed by atoms with E-state index in [0.29, 0.717) is 24.8 Å². The number of anilines is 1. The first-order valence-corrected chi connectivity index (χ1v) is 8.84. The average molecular weight is 351 g/mol. The number of hydrogen-bond donors (Lipinski definition) is 2. The van der Waals surface area contributed by atoms with Gasteiger partial charge in [0.2, 0.25) is 0 Å². The highest BCUT2D eigenvalue weighted by Crippen LogP contribution is 2.22. The third kappa shape index (κ3) is 5.86. The Morgan fingerprint density at radius 3 is 2.68 bits per heavy atom. The maximum atomic E-state index is 14.5. The quantitative estimate of drug-likeness (QED) is 0.574. The summed E-state index contributed by atoms with van der Waals surface area (Å²) >= 11 is 0. The number of benzene rings is 1. The van der Waals surface area contributed by atoms with Gasteiger partial charge in [-0.1, -0.05) is 13.0 Å². The third-order valence-electron chi connectivity index (χ3n) is 4.42. The van der Waals surface area contributed by atoms with Crippen LogP contribution < -0.4 is 16.0 Å². The molecule has 0 radical (unpaired) electrons. The second kappa shape index (κ2) is 9.58. The van der Waals surface area contributed by atoms with E-state index in [2.05, 4.69) is 27.0 Å². The summed E-state index contributed by atoms with van der Waals surface area (Å²) < 4.78 is 19.5. The number of guanidine groups is 1. The number of halogens is 1. The van der Waals surface area contributed by atoms with Crippen LogP contribution in [0.5, 0.6) is 0 Å². The number of nitrogens with two attached hydrogens (primary N) is 1. The smallest absolute Gasteiger partial charge is 0.189 e. The lowest BCUT2D eigenvalue weighted by molar-refractivity contribution is 0.179. The van der Waals surface area contributed by atoms with Crippen molar-refractivity contribution in [1.29, 1.82) is 0 Å². The summed E-state index contributed by atoms with van der Waals surface area (Å²) in [5.41, 5.74) is 7.31. The number of nitrogens with one attached hydrogen (secondary N) is 1. The molecule has 1 heterocycles. The Bertz CT molecular complexity index is 573. The van der Waals surface area contributed by atoms with Crippen molar-refractivity contribution < 1.29 is 9.13 Å². The number of piperazine rings is 1. The number of nitrogens with zero attached hydrogens (tertiary/aromatic N) is 3. The van der Waals surface area contributed by atoms with E-state index < -0.39 is 0 Å². The molecule has 1 saturated heterocycles. The first-order chi connectivity index (χ1) is 12.0. The van der Waals surface area contributed by atoms with Gasteiger partial charge in [0, 0.05) is 39.3 Å². The summed E-state index contributed by atoms with van der Waals surface area (Å²) in [4.78, 5) is 8.74. The van der Waals surface area contributed by atoms with Crippen molar-refractivity contribution in [3.05, 3.63) is 29.6 Å². The maximum Gasteiger partial charge on any atom is 0.189 e. The lowest BCUT2D eigenvalue weighted by Gasteiger charge is -2.35. The van der Waals surface area contributed by atoms with Gasteiger partial charge in [-0.2, -0.15) is 0 Å². The minimum atomic E-state index is -0.197. The van der Waals surface area contributed by atoms with E-state index in [9.17, 15) is 4.39 Å². The first-order valence-electron chi connectivity index (χ1n) is 8.84. The predicted octanol–water partition coefficient (Wildman–Crippen LogP) is 1.41. The zero-order chi connectivity index (χ0) is 18.2. The SMILES string of the molecule is CCN1CCN(c2ccc(CN=C(N)NC(C)COC)cc2F)CC1. The molecule has 2 rings (SSSR count). The van der Waals surface area contributed by atoms with Crippen LogP contribution in [-0.2, 0) is 11.3 Å². The summed E-state index contributed by atoms with van der Waals surface area (Å²) in [5, 5.41) is 3.03. The molecule has 1 fully saturated rings. The van der Waals surface area contributed by atoms with Crippen molar-refractivity contribution in [1.82, 2.24) is 10.2 Å². The largest absolute Gasteiger partial charge is 0.383 e. The van der Waals surface area contributed by atoms with Crippen molar-refractivity contribution in [3.8, 4) is 0 Å². The van der Waals surface area contributed by atoms with E-state index in [1.165, 1.54) is 0 Å². The number of rotatable bonds is 7. The molecule has 25 heavy (non-hydrogen) atoms. The van der Waals surface area contributed by atoms with Gasteiger partial charge >= 0.3 is 0 Å². The Morgan fingerprint density at radius 2 is 2.08 bits per heavy atom. The van der Waals surface area contributed by atoms with Crippen LogP contribution in [0.15, 0.2) is 23.2 Å². The predicted molar refractivity (Wildman–Crippen MR) is 101 cm³/mol. The van der Waals surface area contributed by atoms with Crippen LogP contribution in [0.4, 0.5) is 10.1 Å². The van der Waals surface area contributed by atoms with Gasteiger partial charge in [0.15, 0.2) is 5.96 Å². The second-order valence-electron chi connectivity index (χ2n) is 6.41. The van der Waals surface area contributed by atoms with Crippen LogP contribution in [0.25, 0.3) is 0 Å². The Hall–Kier alpha value is -1.86. The number of methoxy groups -OCH3 is 1. The first kappa shape index (κ1) is 19.5. The zero-order valence-corrected chi connectivity index (χ0v) is 15.5. The number of aliphatic imine (C=N–C) groups is 1. The van der Waals surface area contributed by atoms with E-state index >= 15 is 0 Å². The van der Waals surface area contributed by atoms with Crippen LogP contribution in [0.1, 0.15) is 19.4 Å². The van der Waals surface area contributed by atoms with E-state index in [1.807, 2.05) is 19.1 Å². The Labute approximate surface area is 149 Å². The fourth-order valence-corrected chi connectivity index (χ4v) is 2.98. The zero-order valence-electron chi connectivity index (χ0n) is 15.5. The summed E-state index contributed by atoms with van der Waals surface area (Å²) in [6, 6.07) is 5.39. The summed E-state index contributed by atoms with van der Waals surface area (Å²) in [7, 11) is 1.64. The molecule has 1 aromatic carbocycles. The van der Waals surface area contributed by atoms with E-state index in [4.69, 9.17) is 10.5 Å². The fourth-order valence-electron chi connectivity index (χ4n) is 2.98. The van der Waals surface area contributed by atoms with Crippen molar-refractivity contribution in [2.75, 3.05) is 51.3 Å². The van der Waals surface area contributed by atoms with Crippen LogP contribution in [0.2, 0.25) is 0 Å². The maximum absolute atomic E-state index is 14.5. The molecular weight excluding hydrogens is 321 g/mol. The van der Waals surface area contributed by atoms with Crippen LogP contribution in [0, 0.1) is 5.82 Å². The number of ether oxygens (including phenoxy) is 1. The molecular formula is C18H30FN5O. The van der Waals surface area contributed by atoms with E-state index in [1.54, 1.807) is 13.2 Å². The van der Waals surface area contributed by atoms with Gasteiger partial charge < -0.3 is 25.6 Å². The minimum absolute atomic E-state index is 0.0784. The van der Waals surface area contributed by atoms with Gasteiger partial charge in [-0.05, 0) is 31.2 Å². The van der Waals surface area contributed by atoms with Gasteiger partial charge in [-0.25, -0.2) is 9.38 Å². The Morgan fingerprint density at radius 1 is 1.36 bits per heavy atom. The van der Waals surface area contributed by atoms with Gasteiger partial charge in [-0.15, -0.1) is 0 Å². The Balaban J connectivity index is 1.93. The van der Waals surface area contributed by atoms with Gasteiger partial charge in [0.1, 0.15) is 5.82 Å². The molecule has 0 saturated carbocycles. The third-order valence-corrected chi connectivity index (χ3v) is 4.42. The normalized spacial score (nSPS) is 17.6. The molecule has 1 unspecified atom stereocenters. The summed E-state index contributed by atoms with van der Waals surface area (Å²) in [6.45, 7) is 9.72. The van der Waals surface area contributed by atoms with E-state index in [0.717, 1.165) is 38.3 Å². The van der Waals surface area contributed by atoms with Gasteiger partial charge in [0.25, 0.3) is 0 Å². The molecule has 0 bridgehead atoms. The molecule has 140 valence electrons. The van der Waals surface area contributed by atoms with Crippen molar-refractivity contribution in [2.24, 2.45) is 10.7 Å². The average Bonchev–Trinajstić information content (AvgIpc) is 2.60. The minimum Gasteiger partial charge on any atom is -0.383 e. The van der Waals surface area contributed by atoms with E-state index in [-0.39, 0.29) is 11.9 Å². The van der Waals surface area contributed by atoms with Crippen LogP contribution >= 0.6 is 0 Å². The summed E-state index contributed by atoms with van der Waals surface area (Å²) in [6.07, 6.45) is 0. The molecule has 0 spiro atoms. The van der Waals surface area contributed by atoms with Crippen molar-refractivity contribution >= 4 is 11.6 Å². The molecule has 1 aromatic rings. The molecule has 6 nitrogen and oxygen atoms in total. The van der Waals surface area contributed by atoms with Gasteiger partial charge in [-0.3, -0.25) is 0 Å². The number of likely N-dealkylation sites (N-methyl/N-ethyl adjacent to an activating group) is 1. The molecule has 1 aliphatic heterocycles. The molecule has 1 atom stereocenters.